The molecule has 0 fully saturated rings. The first-order valence-electron chi connectivity index (χ1n) is 5.99. The van der Waals surface area contributed by atoms with Gasteiger partial charge in [0.05, 0.1) is 11.3 Å². The lowest BCUT2D eigenvalue weighted by atomic mass is 10.1. The quantitative estimate of drug-likeness (QED) is 0.671. The van der Waals surface area contributed by atoms with Gasteiger partial charge in [-0.05, 0) is 43.7 Å². The van der Waals surface area contributed by atoms with Gasteiger partial charge in [-0.25, -0.2) is 0 Å². The van der Waals surface area contributed by atoms with Gasteiger partial charge in [0.1, 0.15) is 5.75 Å². The van der Waals surface area contributed by atoms with Crippen molar-refractivity contribution in [1.82, 2.24) is 0 Å². The maximum absolute atomic E-state index is 10.8. The minimum absolute atomic E-state index is 0.0311. The molecule has 0 bridgehead atoms. The SMILES string of the molecule is Cc1ccc(N=Cc2cc(C)cc(C=O)c2O)cc1. The normalized spacial score (nSPS) is 10.8. The van der Waals surface area contributed by atoms with Crippen LogP contribution in [0.25, 0.3) is 0 Å². The summed E-state index contributed by atoms with van der Waals surface area (Å²) in [5.41, 5.74) is 3.71. The maximum atomic E-state index is 10.8. The van der Waals surface area contributed by atoms with Crippen LogP contribution >= 0.6 is 0 Å². The van der Waals surface area contributed by atoms with Gasteiger partial charge in [0.15, 0.2) is 6.29 Å². The van der Waals surface area contributed by atoms with Crippen molar-refractivity contribution in [3.8, 4) is 5.75 Å². The minimum atomic E-state index is -0.0311. The number of aldehydes is 1. The van der Waals surface area contributed by atoms with E-state index < -0.39 is 0 Å². The van der Waals surface area contributed by atoms with E-state index in [2.05, 4.69) is 4.99 Å². The monoisotopic (exact) mass is 253 g/mol. The van der Waals surface area contributed by atoms with Crippen molar-refractivity contribution in [2.75, 3.05) is 0 Å². The first kappa shape index (κ1) is 13.0. The second kappa shape index (κ2) is 5.48. The molecule has 2 rings (SSSR count). The van der Waals surface area contributed by atoms with Crippen LogP contribution < -0.4 is 0 Å². The summed E-state index contributed by atoms with van der Waals surface area (Å²) in [7, 11) is 0. The van der Waals surface area contributed by atoms with Crippen LogP contribution in [0.4, 0.5) is 5.69 Å². The van der Waals surface area contributed by atoms with E-state index in [0.29, 0.717) is 11.8 Å². The van der Waals surface area contributed by atoms with Gasteiger partial charge < -0.3 is 5.11 Å². The number of aromatic hydroxyl groups is 1. The Morgan fingerprint density at radius 2 is 1.63 bits per heavy atom. The molecule has 19 heavy (non-hydrogen) atoms. The van der Waals surface area contributed by atoms with Crippen molar-refractivity contribution >= 4 is 18.2 Å². The van der Waals surface area contributed by atoms with Crippen LogP contribution in [-0.4, -0.2) is 17.6 Å². The van der Waals surface area contributed by atoms with Crippen molar-refractivity contribution < 1.29 is 9.90 Å². The van der Waals surface area contributed by atoms with Crippen molar-refractivity contribution in [3.05, 3.63) is 58.7 Å². The molecule has 0 heterocycles. The highest BCUT2D eigenvalue weighted by Gasteiger charge is 2.06. The third-order valence-electron chi connectivity index (χ3n) is 2.83. The highest BCUT2D eigenvalue weighted by atomic mass is 16.3. The molecule has 0 amide bonds. The fourth-order valence-electron chi connectivity index (χ4n) is 1.80. The van der Waals surface area contributed by atoms with E-state index in [4.69, 9.17) is 0 Å². The Morgan fingerprint density at radius 1 is 1.00 bits per heavy atom. The zero-order chi connectivity index (χ0) is 13.8. The van der Waals surface area contributed by atoms with Crippen LogP contribution in [0.15, 0.2) is 41.4 Å². The Hall–Kier alpha value is -2.42. The summed E-state index contributed by atoms with van der Waals surface area (Å²) in [6.07, 6.45) is 2.21. The number of phenolic OH excluding ortho intramolecular Hbond substituents is 1. The van der Waals surface area contributed by atoms with Gasteiger partial charge in [-0.1, -0.05) is 17.7 Å². The van der Waals surface area contributed by atoms with Crippen LogP contribution in [-0.2, 0) is 0 Å². The molecule has 0 aliphatic carbocycles. The summed E-state index contributed by atoms with van der Waals surface area (Å²) in [6, 6.07) is 11.2. The molecule has 0 atom stereocenters. The number of hydrogen-bond acceptors (Lipinski definition) is 3. The van der Waals surface area contributed by atoms with E-state index in [1.807, 2.05) is 38.1 Å². The summed E-state index contributed by atoms with van der Waals surface area (Å²) >= 11 is 0. The molecule has 0 aliphatic rings. The second-order valence-corrected chi connectivity index (χ2v) is 4.50. The van der Waals surface area contributed by atoms with Gasteiger partial charge in [0.2, 0.25) is 0 Å². The van der Waals surface area contributed by atoms with Crippen molar-refractivity contribution in [3.63, 3.8) is 0 Å². The summed E-state index contributed by atoms with van der Waals surface area (Å²) in [5.74, 6) is -0.0311. The second-order valence-electron chi connectivity index (χ2n) is 4.50. The summed E-state index contributed by atoms with van der Waals surface area (Å²) in [4.78, 5) is 15.1. The molecule has 0 saturated heterocycles. The molecule has 0 spiro atoms. The van der Waals surface area contributed by atoms with Crippen LogP contribution in [0.2, 0.25) is 0 Å². The average molecular weight is 253 g/mol. The molecule has 96 valence electrons. The fraction of sp³-hybridized carbons (Fsp3) is 0.125. The lowest BCUT2D eigenvalue weighted by molar-refractivity contribution is 0.112. The number of rotatable bonds is 3. The highest BCUT2D eigenvalue weighted by molar-refractivity contribution is 5.91. The predicted molar refractivity (Wildman–Crippen MR) is 76.7 cm³/mol. The van der Waals surface area contributed by atoms with Crippen molar-refractivity contribution in [2.45, 2.75) is 13.8 Å². The first-order valence-corrected chi connectivity index (χ1v) is 5.99. The lowest BCUT2D eigenvalue weighted by Crippen LogP contribution is -1.90. The molecule has 0 radical (unpaired) electrons. The van der Waals surface area contributed by atoms with Crippen LogP contribution in [0.1, 0.15) is 27.0 Å². The summed E-state index contributed by atoms with van der Waals surface area (Å²) in [6.45, 7) is 3.88. The third kappa shape index (κ3) is 3.07. The number of hydrogen-bond donors (Lipinski definition) is 1. The maximum Gasteiger partial charge on any atom is 0.153 e. The molecule has 3 nitrogen and oxygen atoms in total. The molecule has 0 aromatic heterocycles. The topological polar surface area (TPSA) is 49.7 Å². The number of carbonyl (C=O) groups excluding carboxylic acids is 1. The number of benzene rings is 2. The zero-order valence-corrected chi connectivity index (χ0v) is 10.9. The molecule has 2 aromatic carbocycles. The average Bonchev–Trinajstić information content (AvgIpc) is 2.41. The van der Waals surface area contributed by atoms with Crippen LogP contribution in [0, 0.1) is 13.8 Å². The van der Waals surface area contributed by atoms with Gasteiger partial charge in [-0.2, -0.15) is 0 Å². The number of nitrogens with zero attached hydrogens (tertiary/aromatic N) is 1. The van der Waals surface area contributed by atoms with E-state index in [-0.39, 0.29) is 11.3 Å². The van der Waals surface area contributed by atoms with E-state index >= 15 is 0 Å². The third-order valence-corrected chi connectivity index (χ3v) is 2.83. The smallest absolute Gasteiger partial charge is 0.153 e. The van der Waals surface area contributed by atoms with Crippen molar-refractivity contribution in [1.29, 1.82) is 0 Å². The standard InChI is InChI=1S/C16H15NO2/c1-11-3-5-15(6-4-11)17-9-13-7-12(2)8-14(10-18)16(13)19/h3-10,19H,1-2H3. The molecule has 0 aliphatic heterocycles. The summed E-state index contributed by atoms with van der Waals surface area (Å²) in [5, 5.41) is 9.91. The largest absolute Gasteiger partial charge is 0.507 e. The van der Waals surface area contributed by atoms with Gasteiger partial charge in [0.25, 0.3) is 0 Å². The molecule has 0 unspecified atom stereocenters. The van der Waals surface area contributed by atoms with Crippen LogP contribution in [0.5, 0.6) is 5.75 Å². The minimum Gasteiger partial charge on any atom is -0.507 e. The Bertz CT molecular complexity index is 628. The Balaban J connectivity index is 2.35. The molecular weight excluding hydrogens is 238 g/mol. The number of aliphatic imine (C=N–C) groups is 1. The molecule has 1 N–H and O–H groups in total. The summed E-state index contributed by atoms with van der Waals surface area (Å²) < 4.78 is 0. The molecule has 3 heteroatoms. The highest BCUT2D eigenvalue weighted by Crippen LogP contribution is 2.22. The van der Waals surface area contributed by atoms with E-state index in [1.54, 1.807) is 18.3 Å². The van der Waals surface area contributed by atoms with Gasteiger partial charge >= 0.3 is 0 Å². The van der Waals surface area contributed by atoms with Gasteiger partial charge in [0, 0.05) is 11.8 Å². The Labute approximate surface area is 112 Å². The predicted octanol–water partition coefficient (Wildman–Crippen LogP) is 3.57. The van der Waals surface area contributed by atoms with E-state index in [1.165, 1.54) is 5.56 Å². The molecule has 0 saturated carbocycles. The van der Waals surface area contributed by atoms with E-state index in [0.717, 1.165) is 11.3 Å². The van der Waals surface area contributed by atoms with Crippen LogP contribution in [0.3, 0.4) is 0 Å². The number of carbonyl (C=O) groups is 1. The fourth-order valence-corrected chi connectivity index (χ4v) is 1.80. The number of aryl methyl sites for hydroxylation is 2. The van der Waals surface area contributed by atoms with Gasteiger partial charge in [-0.3, -0.25) is 9.79 Å². The Morgan fingerprint density at radius 3 is 2.26 bits per heavy atom. The van der Waals surface area contributed by atoms with Crippen molar-refractivity contribution in [2.24, 2.45) is 4.99 Å². The Kier molecular flexibility index (Phi) is 3.76. The lowest BCUT2D eigenvalue weighted by Gasteiger charge is -2.04. The molecule has 2 aromatic rings. The number of phenols is 1. The van der Waals surface area contributed by atoms with E-state index in [9.17, 15) is 9.90 Å². The molecular formula is C16H15NO2. The zero-order valence-electron chi connectivity index (χ0n) is 10.9. The van der Waals surface area contributed by atoms with Gasteiger partial charge in [-0.15, -0.1) is 0 Å². The first-order chi connectivity index (χ1) is 9.10.